The van der Waals surface area contributed by atoms with Gasteiger partial charge in [0.15, 0.2) is 0 Å². The molecule has 6 heteroatoms. The van der Waals surface area contributed by atoms with Crippen LogP contribution in [0.1, 0.15) is 33.1 Å². The second kappa shape index (κ2) is 8.79. The van der Waals surface area contributed by atoms with Gasteiger partial charge < -0.3 is 20.6 Å². The summed E-state index contributed by atoms with van der Waals surface area (Å²) in [6.07, 6.45) is 3.05. The number of nitrogens with one attached hydrogen (secondary N) is 2. The molecular formula is C14H27N3O3. The van der Waals surface area contributed by atoms with Crippen molar-refractivity contribution < 1.29 is 14.7 Å². The molecular weight excluding hydrogens is 258 g/mol. The van der Waals surface area contributed by atoms with E-state index in [0.29, 0.717) is 18.9 Å². The van der Waals surface area contributed by atoms with Crippen LogP contribution in [0.5, 0.6) is 0 Å². The lowest BCUT2D eigenvalue weighted by Crippen LogP contribution is -2.42. The Hall–Kier alpha value is -1.30. The number of aliphatic carboxylic acids is 1. The monoisotopic (exact) mass is 285 g/mol. The number of nitrogens with zero attached hydrogens (tertiary/aromatic N) is 1. The van der Waals surface area contributed by atoms with Crippen molar-refractivity contribution in [1.82, 2.24) is 15.5 Å². The van der Waals surface area contributed by atoms with Gasteiger partial charge in [-0.25, -0.2) is 4.79 Å². The van der Waals surface area contributed by atoms with E-state index < -0.39 is 11.9 Å². The van der Waals surface area contributed by atoms with Gasteiger partial charge in [-0.2, -0.15) is 0 Å². The first kappa shape index (κ1) is 16.8. The molecule has 1 fully saturated rings. The fraction of sp³-hybridized carbons (Fsp3) is 0.857. The number of hydrogen-bond donors (Lipinski definition) is 3. The zero-order valence-corrected chi connectivity index (χ0v) is 12.5. The molecule has 1 aliphatic rings. The molecule has 1 heterocycles. The molecule has 1 unspecified atom stereocenters. The summed E-state index contributed by atoms with van der Waals surface area (Å²) in [5.74, 6) is -1.06. The molecule has 0 aromatic rings. The predicted octanol–water partition coefficient (Wildman–Crippen LogP) is 1.13. The molecule has 1 rings (SSSR count). The van der Waals surface area contributed by atoms with E-state index in [1.165, 1.54) is 12.8 Å². The summed E-state index contributed by atoms with van der Waals surface area (Å²) in [5.41, 5.74) is 0. The Bertz CT molecular complexity index is 315. The lowest BCUT2D eigenvalue weighted by Gasteiger charge is -2.17. The first-order valence-corrected chi connectivity index (χ1v) is 7.46. The molecule has 1 aliphatic heterocycles. The maximum atomic E-state index is 11.6. The number of carboxylic acids is 1. The largest absolute Gasteiger partial charge is 0.481 e. The molecule has 2 amide bonds. The van der Waals surface area contributed by atoms with Crippen molar-refractivity contribution in [3.63, 3.8) is 0 Å². The highest BCUT2D eigenvalue weighted by Gasteiger charge is 2.19. The summed E-state index contributed by atoms with van der Waals surface area (Å²) in [7, 11) is 0. The zero-order valence-electron chi connectivity index (χ0n) is 12.5. The molecule has 0 aromatic heterocycles. The van der Waals surface area contributed by atoms with Gasteiger partial charge >= 0.3 is 12.0 Å². The Morgan fingerprint density at radius 3 is 2.40 bits per heavy atom. The Morgan fingerprint density at radius 1 is 1.20 bits per heavy atom. The molecule has 116 valence electrons. The van der Waals surface area contributed by atoms with E-state index in [-0.39, 0.29) is 12.6 Å². The first-order valence-electron chi connectivity index (χ1n) is 7.46. The van der Waals surface area contributed by atoms with Crippen LogP contribution in [0, 0.1) is 11.8 Å². The fourth-order valence-corrected chi connectivity index (χ4v) is 2.45. The normalized spacial score (nSPS) is 17.1. The smallest absolute Gasteiger partial charge is 0.314 e. The second-order valence-electron chi connectivity index (χ2n) is 5.85. The van der Waals surface area contributed by atoms with E-state index in [9.17, 15) is 9.59 Å². The Labute approximate surface area is 120 Å². The molecule has 1 saturated heterocycles. The molecule has 20 heavy (non-hydrogen) atoms. The highest BCUT2D eigenvalue weighted by molar-refractivity contribution is 5.75. The summed E-state index contributed by atoms with van der Waals surface area (Å²) < 4.78 is 0. The minimum absolute atomic E-state index is 0.184. The molecule has 0 aromatic carbocycles. The average Bonchev–Trinajstić information content (AvgIpc) is 2.86. The lowest BCUT2D eigenvalue weighted by molar-refractivity contribution is -0.142. The van der Waals surface area contributed by atoms with Gasteiger partial charge in [0.25, 0.3) is 0 Å². The third kappa shape index (κ3) is 6.75. The fourth-order valence-electron chi connectivity index (χ4n) is 2.45. The molecule has 0 radical (unpaired) electrons. The van der Waals surface area contributed by atoms with E-state index >= 15 is 0 Å². The van der Waals surface area contributed by atoms with E-state index in [0.717, 1.165) is 19.6 Å². The number of carbonyl (C=O) groups excluding carboxylic acids is 1. The third-order valence-electron chi connectivity index (χ3n) is 3.53. The van der Waals surface area contributed by atoms with Crippen molar-refractivity contribution in [1.29, 1.82) is 0 Å². The van der Waals surface area contributed by atoms with Crippen LogP contribution in [0.2, 0.25) is 0 Å². The lowest BCUT2D eigenvalue weighted by atomic mass is 9.97. The molecule has 0 saturated carbocycles. The highest BCUT2D eigenvalue weighted by Crippen LogP contribution is 2.11. The minimum Gasteiger partial charge on any atom is -0.481 e. The van der Waals surface area contributed by atoms with Crippen molar-refractivity contribution >= 4 is 12.0 Å². The molecule has 0 bridgehead atoms. The highest BCUT2D eigenvalue weighted by atomic mass is 16.4. The first-order chi connectivity index (χ1) is 9.49. The van der Waals surface area contributed by atoms with Crippen molar-refractivity contribution in [2.45, 2.75) is 33.1 Å². The summed E-state index contributed by atoms with van der Waals surface area (Å²) in [5, 5.41) is 14.5. The number of carboxylic acid groups (broad SMARTS) is 1. The van der Waals surface area contributed by atoms with Crippen molar-refractivity contribution in [3.8, 4) is 0 Å². The van der Waals surface area contributed by atoms with E-state index in [1.807, 2.05) is 13.8 Å². The van der Waals surface area contributed by atoms with Crippen LogP contribution in [0.4, 0.5) is 4.79 Å². The van der Waals surface area contributed by atoms with Crippen molar-refractivity contribution in [2.24, 2.45) is 11.8 Å². The summed E-state index contributed by atoms with van der Waals surface area (Å²) >= 11 is 0. The van der Waals surface area contributed by atoms with E-state index in [4.69, 9.17) is 5.11 Å². The number of amides is 2. The van der Waals surface area contributed by atoms with E-state index in [2.05, 4.69) is 15.5 Å². The number of rotatable bonds is 8. The number of carbonyl (C=O) groups is 2. The van der Waals surface area contributed by atoms with Crippen LogP contribution in [0.25, 0.3) is 0 Å². The number of likely N-dealkylation sites (tertiary alicyclic amines) is 1. The Kier molecular flexibility index (Phi) is 7.36. The molecule has 6 nitrogen and oxygen atoms in total. The summed E-state index contributed by atoms with van der Waals surface area (Å²) in [4.78, 5) is 25.0. The number of urea groups is 1. The molecule has 1 atom stereocenters. The van der Waals surface area contributed by atoms with Crippen LogP contribution in [0.3, 0.4) is 0 Å². The Balaban J connectivity index is 2.15. The molecule has 3 N–H and O–H groups in total. The van der Waals surface area contributed by atoms with Crippen LogP contribution >= 0.6 is 0 Å². The number of hydrogen-bond acceptors (Lipinski definition) is 3. The van der Waals surface area contributed by atoms with Crippen LogP contribution in [0.15, 0.2) is 0 Å². The minimum atomic E-state index is -0.851. The topological polar surface area (TPSA) is 81.7 Å². The van der Waals surface area contributed by atoms with E-state index in [1.54, 1.807) is 0 Å². The van der Waals surface area contributed by atoms with Gasteiger partial charge in [0.05, 0.1) is 5.92 Å². The van der Waals surface area contributed by atoms with Crippen LogP contribution < -0.4 is 10.6 Å². The van der Waals surface area contributed by atoms with Gasteiger partial charge in [0.1, 0.15) is 0 Å². The predicted molar refractivity (Wildman–Crippen MR) is 77.7 cm³/mol. The quantitative estimate of drug-likeness (QED) is 0.624. The standard InChI is InChI=1S/C14H27N3O3/c1-11(2)9-12(13(18)19)10-16-14(20)15-5-8-17-6-3-4-7-17/h11-12H,3-10H2,1-2H3,(H,18,19)(H2,15,16,20). The van der Waals surface area contributed by atoms with Crippen molar-refractivity contribution in [2.75, 3.05) is 32.7 Å². The maximum absolute atomic E-state index is 11.6. The van der Waals surface area contributed by atoms with Crippen LogP contribution in [-0.2, 0) is 4.79 Å². The van der Waals surface area contributed by atoms with Gasteiger partial charge in [-0.1, -0.05) is 13.8 Å². The molecule has 0 aliphatic carbocycles. The SMILES string of the molecule is CC(C)CC(CNC(=O)NCCN1CCCC1)C(=O)O. The van der Waals surface area contributed by atoms with Crippen LogP contribution in [-0.4, -0.2) is 54.7 Å². The summed E-state index contributed by atoms with van der Waals surface area (Å²) in [6, 6.07) is -0.279. The third-order valence-corrected chi connectivity index (χ3v) is 3.53. The van der Waals surface area contributed by atoms with Gasteiger partial charge in [0.2, 0.25) is 0 Å². The van der Waals surface area contributed by atoms with Gasteiger partial charge in [-0.3, -0.25) is 4.79 Å². The second-order valence-corrected chi connectivity index (χ2v) is 5.85. The van der Waals surface area contributed by atoms with Crippen molar-refractivity contribution in [3.05, 3.63) is 0 Å². The zero-order chi connectivity index (χ0) is 15.0. The van der Waals surface area contributed by atoms with Gasteiger partial charge in [-0.05, 0) is 38.3 Å². The van der Waals surface area contributed by atoms with Gasteiger partial charge in [0, 0.05) is 19.6 Å². The maximum Gasteiger partial charge on any atom is 0.314 e. The summed E-state index contributed by atoms with van der Waals surface area (Å²) in [6.45, 7) is 7.83. The molecule has 0 spiro atoms. The van der Waals surface area contributed by atoms with Gasteiger partial charge in [-0.15, -0.1) is 0 Å². The Morgan fingerprint density at radius 2 is 1.85 bits per heavy atom. The average molecular weight is 285 g/mol.